The molecule has 28 heavy (non-hydrogen) atoms. The molecule has 0 saturated heterocycles. The van der Waals surface area contributed by atoms with E-state index in [-0.39, 0.29) is 23.4 Å². The first kappa shape index (κ1) is 17.1. The SMILES string of the molecule is Fc1ccccc1-c1noc(-c2cc3n(n2)C[C@@H](c2ccc(Cl)cc2)OC3)n1. The summed E-state index contributed by atoms with van der Waals surface area (Å²) in [6, 6.07) is 15.7. The maximum Gasteiger partial charge on any atom is 0.278 e. The van der Waals surface area contributed by atoms with Gasteiger partial charge >= 0.3 is 0 Å². The highest BCUT2D eigenvalue weighted by Crippen LogP contribution is 2.30. The summed E-state index contributed by atoms with van der Waals surface area (Å²) in [6.45, 7) is 0.972. The molecule has 2 aromatic heterocycles. The fourth-order valence-electron chi connectivity index (χ4n) is 3.19. The molecule has 140 valence electrons. The van der Waals surface area contributed by atoms with E-state index in [0.29, 0.717) is 23.9 Å². The van der Waals surface area contributed by atoms with Gasteiger partial charge < -0.3 is 9.26 Å². The molecule has 0 bridgehead atoms. The molecule has 4 aromatic rings. The number of rotatable bonds is 3. The van der Waals surface area contributed by atoms with Crippen molar-refractivity contribution in [2.45, 2.75) is 19.3 Å². The molecular weight excluding hydrogens is 383 g/mol. The number of aromatic nitrogens is 4. The van der Waals surface area contributed by atoms with E-state index in [1.165, 1.54) is 6.07 Å². The van der Waals surface area contributed by atoms with Crippen LogP contribution in [0.3, 0.4) is 0 Å². The Hall–Kier alpha value is -3.03. The number of hydrogen-bond acceptors (Lipinski definition) is 5. The topological polar surface area (TPSA) is 66.0 Å². The lowest BCUT2D eigenvalue weighted by Gasteiger charge is -2.24. The third kappa shape index (κ3) is 3.08. The van der Waals surface area contributed by atoms with Crippen molar-refractivity contribution in [2.24, 2.45) is 0 Å². The maximum absolute atomic E-state index is 13.9. The molecular formula is C20H14ClFN4O2. The summed E-state index contributed by atoms with van der Waals surface area (Å²) in [6.07, 6.45) is -0.117. The van der Waals surface area contributed by atoms with Gasteiger partial charge in [0.15, 0.2) is 5.69 Å². The first-order chi connectivity index (χ1) is 13.7. The van der Waals surface area contributed by atoms with Crippen LogP contribution in [0.2, 0.25) is 5.02 Å². The monoisotopic (exact) mass is 396 g/mol. The van der Waals surface area contributed by atoms with Crippen LogP contribution in [0.1, 0.15) is 17.4 Å². The highest BCUT2D eigenvalue weighted by Gasteiger charge is 2.24. The minimum Gasteiger partial charge on any atom is -0.365 e. The third-order valence-corrected chi connectivity index (χ3v) is 4.89. The van der Waals surface area contributed by atoms with Crippen LogP contribution in [0.25, 0.3) is 23.0 Å². The second-order valence-corrected chi connectivity index (χ2v) is 6.89. The van der Waals surface area contributed by atoms with E-state index in [4.69, 9.17) is 20.9 Å². The molecule has 0 spiro atoms. The smallest absolute Gasteiger partial charge is 0.278 e. The highest BCUT2D eigenvalue weighted by molar-refractivity contribution is 6.30. The Kier molecular flexibility index (Phi) is 4.18. The Morgan fingerprint density at radius 2 is 1.93 bits per heavy atom. The summed E-state index contributed by atoms with van der Waals surface area (Å²) in [7, 11) is 0. The van der Waals surface area contributed by atoms with Gasteiger partial charge in [-0.25, -0.2) is 4.39 Å². The molecule has 1 aliphatic heterocycles. The summed E-state index contributed by atoms with van der Waals surface area (Å²) < 4.78 is 27.1. The average Bonchev–Trinajstić information content (AvgIpc) is 3.35. The van der Waals surface area contributed by atoms with Crippen LogP contribution in [-0.4, -0.2) is 19.9 Å². The number of ether oxygens (including phenoxy) is 1. The Balaban J connectivity index is 1.41. The van der Waals surface area contributed by atoms with Gasteiger partial charge in [0, 0.05) is 5.02 Å². The zero-order valence-electron chi connectivity index (χ0n) is 14.5. The number of nitrogens with zero attached hydrogens (tertiary/aromatic N) is 4. The van der Waals surface area contributed by atoms with Gasteiger partial charge in [-0.3, -0.25) is 4.68 Å². The minimum atomic E-state index is -0.404. The molecule has 3 heterocycles. The molecule has 2 aromatic carbocycles. The quantitative estimate of drug-likeness (QED) is 0.503. The van der Waals surface area contributed by atoms with Crippen LogP contribution in [0.15, 0.2) is 59.1 Å². The van der Waals surface area contributed by atoms with E-state index in [1.807, 2.05) is 35.0 Å². The summed E-state index contributed by atoms with van der Waals surface area (Å²) >= 11 is 5.95. The molecule has 0 aliphatic carbocycles. The number of benzene rings is 2. The fourth-order valence-corrected chi connectivity index (χ4v) is 3.31. The lowest BCUT2D eigenvalue weighted by atomic mass is 10.1. The fraction of sp³-hybridized carbons (Fsp3) is 0.150. The van der Waals surface area contributed by atoms with Crippen LogP contribution in [0, 0.1) is 5.82 Å². The largest absolute Gasteiger partial charge is 0.365 e. The Bertz CT molecular complexity index is 1140. The van der Waals surface area contributed by atoms with Gasteiger partial charge in [-0.05, 0) is 35.9 Å². The van der Waals surface area contributed by atoms with Gasteiger partial charge in [0.05, 0.1) is 24.4 Å². The molecule has 1 atom stereocenters. The minimum absolute atomic E-state index is 0.117. The predicted octanol–water partition coefficient (Wildman–Crippen LogP) is 4.66. The van der Waals surface area contributed by atoms with Gasteiger partial charge in [-0.15, -0.1) is 0 Å². The molecule has 0 fully saturated rings. The summed E-state index contributed by atoms with van der Waals surface area (Å²) in [4.78, 5) is 4.29. The highest BCUT2D eigenvalue weighted by atomic mass is 35.5. The van der Waals surface area contributed by atoms with E-state index in [1.54, 1.807) is 18.2 Å². The molecule has 0 unspecified atom stereocenters. The van der Waals surface area contributed by atoms with Crippen molar-refractivity contribution in [3.63, 3.8) is 0 Å². The summed E-state index contributed by atoms with van der Waals surface area (Å²) in [5.41, 5.74) is 2.76. The lowest BCUT2D eigenvalue weighted by Crippen LogP contribution is -2.21. The van der Waals surface area contributed by atoms with Crippen molar-refractivity contribution in [3.8, 4) is 23.0 Å². The average molecular weight is 397 g/mol. The van der Waals surface area contributed by atoms with Crippen molar-refractivity contribution in [1.82, 2.24) is 19.9 Å². The van der Waals surface area contributed by atoms with E-state index < -0.39 is 5.82 Å². The molecule has 6 nitrogen and oxygen atoms in total. The van der Waals surface area contributed by atoms with Crippen LogP contribution in [-0.2, 0) is 17.9 Å². The number of halogens is 2. The van der Waals surface area contributed by atoms with Crippen LogP contribution < -0.4 is 0 Å². The van der Waals surface area contributed by atoms with E-state index in [2.05, 4.69) is 15.2 Å². The van der Waals surface area contributed by atoms with Gasteiger partial charge in [-0.2, -0.15) is 10.1 Å². The summed E-state index contributed by atoms with van der Waals surface area (Å²) in [5.74, 6) is 0.0238. The Morgan fingerprint density at radius 3 is 2.75 bits per heavy atom. The molecule has 0 amide bonds. The lowest BCUT2D eigenvalue weighted by molar-refractivity contribution is -0.00112. The second kappa shape index (κ2) is 6.85. The first-order valence-electron chi connectivity index (χ1n) is 8.70. The van der Waals surface area contributed by atoms with Crippen molar-refractivity contribution >= 4 is 11.6 Å². The second-order valence-electron chi connectivity index (χ2n) is 6.46. The standard InChI is InChI=1S/C20H14ClFN4O2/c21-13-7-5-12(6-8-13)18-10-26-14(11-27-18)9-17(24-26)20-23-19(25-28-20)15-3-1-2-4-16(15)22/h1-9,18H,10-11H2/t18-/m0/s1. The van der Waals surface area contributed by atoms with Crippen molar-refractivity contribution in [2.75, 3.05) is 0 Å². The molecule has 5 rings (SSSR count). The van der Waals surface area contributed by atoms with Gasteiger partial charge in [0.25, 0.3) is 5.89 Å². The normalized spacial score (nSPS) is 16.1. The molecule has 0 radical (unpaired) electrons. The zero-order valence-corrected chi connectivity index (χ0v) is 15.3. The predicted molar refractivity (Wildman–Crippen MR) is 99.9 cm³/mol. The zero-order chi connectivity index (χ0) is 19.1. The van der Waals surface area contributed by atoms with Crippen LogP contribution >= 0.6 is 11.6 Å². The van der Waals surface area contributed by atoms with Gasteiger partial charge in [-0.1, -0.05) is 41.0 Å². The summed E-state index contributed by atoms with van der Waals surface area (Å²) in [5, 5.41) is 9.13. The van der Waals surface area contributed by atoms with E-state index >= 15 is 0 Å². The third-order valence-electron chi connectivity index (χ3n) is 4.64. The van der Waals surface area contributed by atoms with E-state index in [9.17, 15) is 4.39 Å². The maximum atomic E-state index is 13.9. The van der Waals surface area contributed by atoms with Gasteiger partial charge in [0.1, 0.15) is 11.9 Å². The molecule has 1 aliphatic rings. The molecule has 0 saturated carbocycles. The van der Waals surface area contributed by atoms with Crippen LogP contribution in [0.4, 0.5) is 4.39 Å². The van der Waals surface area contributed by atoms with Gasteiger partial charge in [0.2, 0.25) is 5.82 Å². The van der Waals surface area contributed by atoms with E-state index in [0.717, 1.165) is 11.3 Å². The Labute approximate surface area is 164 Å². The number of hydrogen-bond donors (Lipinski definition) is 0. The van der Waals surface area contributed by atoms with Crippen molar-refractivity contribution < 1.29 is 13.7 Å². The molecule has 8 heteroatoms. The Morgan fingerprint density at radius 1 is 1.11 bits per heavy atom. The van der Waals surface area contributed by atoms with Crippen molar-refractivity contribution in [1.29, 1.82) is 0 Å². The van der Waals surface area contributed by atoms with Crippen molar-refractivity contribution in [3.05, 3.63) is 76.7 Å². The first-order valence-corrected chi connectivity index (χ1v) is 9.08. The van der Waals surface area contributed by atoms with Crippen LogP contribution in [0.5, 0.6) is 0 Å². The number of fused-ring (bicyclic) bond motifs is 1. The molecule has 0 N–H and O–H groups in total.